The monoisotopic (exact) mass is 257 g/mol. The first kappa shape index (κ1) is 104. The van der Waals surface area contributed by atoms with Gasteiger partial charge in [-0.15, -0.1) is 0 Å². The molecule has 15 heavy (non-hydrogen) atoms. The predicted molar refractivity (Wildman–Crippen MR) is 35.2 cm³/mol. The van der Waals surface area contributed by atoms with Gasteiger partial charge < -0.3 is 75.1 Å². The van der Waals surface area contributed by atoms with E-state index < -0.39 is 0 Å². The number of hydrogen-bond acceptors (Lipinski definition) is 6. The van der Waals surface area contributed by atoms with Gasteiger partial charge in [0.25, 0.3) is 0 Å². The van der Waals surface area contributed by atoms with Crippen molar-refractivity contribution in [3.8, 4) is 0 Å². The van der Waals surface area contributed by atoms with E-state index in [0.717, 1.165) is 0 Å². The van der Waals surface area contributed by atoms with Gasteiger partial charge in [0, 0.05) is 0 Å². The average Bonchev–Trinajstić information content (AvgIpc) is 2.33. The van der Waals surface area contributed by atoms with Gasteiger partial charge in [0.15, 0.2) is 0 Å². The van der Waals surface area contributed by atoms with Crippen LogP contribution in [0.4, 0.5) is 0 Å². The predicted octanol–water partition coefficient (Wildman–Crippen LogP) is -3.02. The van der Waals surface area contributed by atoms with Crippen molar-refractivity contribution in [1.82, 2.24) is 0 Å². The van der Waals surface area contributed by atoms with Crippen LogP contribution < -0.4 is 29.6 Å². The summed E-state index contributed by atoms with van der Waals surface area (Å²) in [6, 6.07) is 0. The zero-order valence-electron chi connectivity index (χ0n) is 7.45. The van der Waals surface area contributed by atoms with E-state index in [4.69, 9.17) is 69.7 Å². The van der Waals surface area contributed by atoms with Gasteiger partial charge in [-0.25, -0.2) is 0 Å². The molecule has 0 aromatic rings. The minimum absolute atomic E-state index is 0. The van der Waals surface area contributed by atoms with Crippen LogP contribution in [0.2, 0.25) is 0 Å². The van der Waals surface area contributed by atoms with E-state index in [1.54, 1.807) is 0 Å². The van der Waals surface area contributed by atoms with Gasteiger partial charge in [0.2, 0.25) is 0 Å². The van der Waals surface area contributed by atoms with E-state index in [1.807, 2.05) is 0 Å². The Hall–Kier alpha value is -1.47. The fourth-order valence-corrected chi connectivity index (χ4v) is 0. The van der Waals surface area contributed by atoms with E-state index >= 15 is 0 Å². The molecule has 0 aromatic heterocycles. The smallest absolute Gasteiger partial charge is 0.577 e. The maximum atomic E-state index is 7.25. The van der Waals surface area contributed by atoms with Gasteiger partial charge >= 0.3 is 46.6 Å². The van der Waals surface area contributed by atoms with Crippen LogP contribution in [0.15, 0.2) is 0 Å². The fourth-order valence-electron chi connectivity index (χ4n) is 0. The Labute approximate surface area is 121 Å². The van der Waals surface area contributed by atoms with Crippen molar-refractivity contribution in [2.75, 3.05) is 0 Å². The second-order valence-electron chi connectivity index (χ2n) is 0. The molecule has 74 valence electrons. The minimum Gasteiger partial charge on any atom is -0.577 e. The molecule has 0 fully saturated rings. The van der Waals surface area contributed by atoms with E-state index in [0.29, 0.717) is 0 Å². The Morgan fingerprint density at radius 3 is 0.600 bits per heavy atom. The van der Waals surface area contributed by atoms with E-state index in [9.17, 15) is 0 Å². The Morgan fingerprint density at radius 2 is 0.600 bits per heavy atom. The van der Waals surface area contributed by atoms with Gasteiger partial charge in [-0.3, -0.25) is 0 Å². The molecule has 10 heteroatoms. The summed E-state index contributed by atoms with van der Waals surface area (Å²) in [7, 11) is 0. The molecule has 2 N–H and O–H groups in total. The Balaban J connectivity index is -0.00000000396. The maximum absolute atomic E-state index is 7.25. The van der Waals surface area contributed by atoms with Gasteiger partial charge in [-0.1, -0.05) is 0 Å². The molecule has 0 rings (SSSR count). The summed E-state index contributed by atoms with van der Waals surface area (Å²) in [6.07, 6.45) is 0. The molecule has 0 saturated heterocycles. The van der Waals surface area contributed by atoms with Gasteiger partial charge in [-0.2, -0.15) is 0 Å². The average molecular weight is 257 g/mol. The van der Waals surface area contributed by atoms with Crippen LogP contribution in [0.5, 0.6) is 0 Å². The van der Waals surface area contributed by atoms with Crippen LogP contribution in [0.1, 0.15) is 0 Å². The summed E-state index contributed by atoms with van der Waals surface area (Å²) in [5.41, 5.74) is 5.75. The number of nitroso groups, excluding NO2 is 1. The summed E-state index contributed by atoms with van der Waals surface area (Å²) in [5, 5.41) is 31.2. The third-order valence-corrected chi connectivity index (χ3v) is 0. The van der Waals surface area contributed by atoms with Crippen LogP contribution in [0.25, 0.3) is 5.59 Å². The van der Waals surface area contributed by atoms with Crippen LogP contribution >= 0.6 is 0 Å². The summed E-state index contributed by atoms with van der Waals surface area (Å²) in [5.74, 6) is 0. The first-order chi connectivity index (χ1) is 6.00. The summed E-state index contributed by atoms with van der Waals surface area (Å²) >= 11 is 0. The second kappa shape index (κ2) is 770. The van der Waals surface area contributed by atoms with E-state index in [2.05, 4.69) is 0 Å². The Kier molecular flexibility index (Phi) is 5320. The quantitative estimate of drug-likeness (QED) is 0.327. The van der Waals surface area contributed by atoms with Crippen LogP contribution in [-0.4, -0.2) is 5.48 Å². The first-order valence-electron chi connectivity index (χ1n) is 1.30. The molecule has 0 aliphatic carbocycles. The maximum Gasteiger partial charge on any atom is 4.00 e. The third kappa shape index (κ3) is 642. The Bertz CT molecular complexity index is 98.9. The fraction of sp³-hybridized carbons (Fsp3) is 0. The van der Waals surface area contributed by atoms with Crippen molar-refractivity contribution < 1.29 is 52.1 Å². The zero-order valence-corrected chi connectivity index (χ0v) is 10.5. The largest absolute Gasteiger partial charge is 4.00 e. The van der Waals surface area contributed by atoms with E-state index in [1.165, 1.54) is 0 Å². The van der Waals surface area contributed by atoms with Gasteiger partial charge in [0.1, 0.15) is 0 Å². The second-order valence-corrected chi connectivity index (χ2v) is 0. The number of rotatable bonds is 0. The molecule has 0 bridgehead atoms. The molecule has 0 aliphatic heterocycles. The summed E-state index contributed by atoms with van der Waals surface area (Å²) < 4.78 is 0. The van der Waals surface area contributed by atoms with Crippen molar-refractivity contribution in [2.45, 2.75) is 0 Å². The molecule has 0 spiro atoms. The topological polar surface area (TPSA) is 190 Å². The van der Waals surface area contributed by atoms with Crippen molar-refractivity contribution in [3.63, 3.8) is 0 Å². The Morgan fingerprint density at radius 1 is 0.600 bits per heavy atom. The molecule has 0 atom stereocenters. The third-order valence-electron chi connectivity index (χ3n) is 0. The molecule has 0 saturated carbocycles. The molecule has 0 heterocycles. The van der Waals surface area contributed by atoms with Crippen LogP contribution in [0.3, 0.4) is 0 Å². The first-order valence-corrected chi connectivity index (χ1v) is 1.30. The standard InChI is InChI=1S/5CN.Fe.NO.Na.H2O/c5*1-2;;1-2;;/h;;;;;;;;1H2/q5*-1;+4;-1;+1;. The minimum atomic E-state index is 0. The van der Waals surface area contributed by atoms with Crippen molar-refractivity contribution in [3.05, 3.63) is 43.4 Å². The van der Waals surface area contributed by atoms with Crippen molar-refractivity contribution >= 4 is 0 Å². The van der Waals surface area contributed by atoms with Gasteiger partial charge in [-0.05, 0) is 0 Å². The van der Waals surface area contributed by atoms with Crippen molar-refractivity contribution in [2.24, 2.45) is 0 Å². The van der Waals surface area contributed by atoms with Crippen LogP contribution in [-0.2, 0) is 17.1 Å². The molecule has 8 nitrogen and oxygen atoms in total. The van der Waals surface area contributed by atoms with E-state index in [-0.39, 0.29) is 52.1 Å². The molecule has 0 radical (unpaired) electrons. The molecular weight excluding hydrogens is 255 g/mol. The molecular formula is C5H2FeN6NaO2-. The molecule has 0 aromatic carbocycles. The van der Waals surface area contributed by atoms with Crippen molar-refractivity contribution in [1.29, 1.82) is 26.3 Å². The molecule has 0 amide bonds. The SMILES string of the molecule is O.[C-]#N.[C-]#N.[C-]#N.[C-]#N.[C-]#N.[Fe+4].[N-]=O.[Na+]. The van der Waals surface area contributed by atoms with Gasteiger partial charge in [0.05, 0.1) is 0 Å². The summed E-state index contributed by atoms with van der Waals surface area (Å²) in [4.78, 5) is 7.25. The van der Waals surface area contributed by atoms with Crippen LogP contribution in [0, 0.1) is 64.1 Å². The molecule has 0 unspecified atom stereocenters. The number of nitrogens with zero attached hydrogens (tertiary/aromatic N) is 6. The molecule has 0 aliphatic rings. The number of hydrogen-bond donors (Lipinski definition) is 0. The summed E-state index contributed by atoms with van der Waals surface area (Å²) in [6.45, 7) is 23.8. The normalized spacial score (nSPS) is 0.933. The zero-order chi connectivity index (χ0) is 12.0.